The fourth-order valence-electron chi connectivity index (χ4n) is 0.226. The summed E-state index contributed by atoms with van der Waals surface area (Å²) < 4.78 is 0. The first-order chi connectivity index (χ1) is 3.80. The molecule has 0 fully saturated rings. The molecule has 0 aromatic carbocycles. The van der Waals surface area contributed by atoms with Crippen molar-refractivity contribution in [3.05, 3.63) is 11.8 Å². The van der Waals surface area contributed by atoms with Gasteiger partial charge in [0.15, 0.2) is 5.82 Å². The molecule has 0 aromatic heterocycles. The van der Waals surface area contributed by atoms with E-state index in [2.05, 4.69) is 20.7 Å². The second kappa shape index (κ2) is 1.57. The first-order valence-corrected chi connectivity index (χ1v) is 1.71. The molecule has 0 unspecified atom stereocenters. The molecule has 0 amide bonds. The van der Waals surface area contributed by atoms with Gasteiger partial charge >= 0.3 is 0 Å². The van der Waals surface area contributed by atoms with Crippen molar-refractivity contribution in [2.45, 2.75) is 0 Å². The van der Waals surface area contributed by atoms with Gasteiger partial charge in [-0.25, -0.2) is 0 Å². The largest absolute Gasteiger partial charge is 0.881 e. The molecular formula is C2N4O2-2. The lowest BCUT2D eigenvalue weighted by atomic mass is 10.8. The average molecular weight is 112 g/mol. The second-order valence-electron chi connectivity index (χ2n) is 0.990. The van der Waals surface area contributed by atoms with Gasteiger partial charge in [-0.15, -0.1) is 10.2 Å². The Morgan fingerprint density at radius 3 is 1.88 bits per heavy atom. The Balaban J connectivity index is 2.90. The van der Waals surface area contributed by atoms with Crippen LogP contribution >= 0.6 is 0 Å². The summed E-state index contributed by atoms with van der Waals surface area (Å²) in [6.45, 7) is 0. The van der Waals surface area contributed by atoms with Crippen LogP contribution in [0.5, 0.6) is 0 Å². The van der Waals surface area contributed by atoms with Gasteiger partial charge in [-0.2, -0.15) is 5.95 Å². The van der Waals surface area contributed by atoms with Gasteiger partial charge in [-0.1, -0.05) is 0 Å². The standard InChI is InChI=1S/C2H2N4O2/c7-2(8)1-3-5-6-4-1/h7-8H/p-2. The van der Waals surface area contributed by atoms with Crippen LogP contribution in [0.2, 0.25) is 0 Å². The molecule has 1 aliphatic heterocycles. The summed E-state index contributed by atoms with van der Waals surface area (Å²) in [4.78, 5) is 0. The third kappa shape index (κ3) is 0.625. The molecule has 6 heteroatoms. The molecule has 0 aliphatic carbocycles. The molecule has 6 nitrogen and oxygen atoms in total. The summed E-state index contributed by atoms with van der Waals surface area (Å²) in [6.07, 6.45) is 0. The first kappa shape index (κ1) is 4.69. The number of rotatable bonds is 0. The monoisotopic (exact) mass is 112 g/mol. The molecule has 0 bridgehead atoms. The first-order valence-electron chi connectivity index (χ1n) is 1.71. The van der Waals surface area contributed by atoms with E-state index in [1.165, 1.54) is 0 Å². The zero-order chi connectivity index (χ0) is 5.98. The molecule has 0 radical (unpaired) electrons. The van der Waals surface area contributed by atoms with Crippen molar-refractivity contribution in [3.63, 3.8) is 0 Å². The van der Waals surface area contributed by atoms with Crippen LogP contribution in [-0.2, 0) is 0 Å². The van der Waals surface area contributed by atoms with Crippen molar-refractivity contribution >= 4 is 0 Å². The molecule has 1 rings (SSSR count). The molecule has 0 spiro atoms. The zero-order valence-electron chi connectivity index (χ0n) is 3.61. The van der Waals surface area contributed by atoms with E-state index in [-0.39, 0.29) is 0 Å². The Labute approximate surface area is 43.9 Å². The van der Waals surface area contributed by atoms with Gasteiger partial charge in [-0.3, -0.25) is 0 Å². The quantitative estimate of drug-likeness (QED) is 0.363. The van der Waals surface area contributed by atoms with E-state index in [0.717, 1.165) is 0 Å². The van der Waals surface area contributed by atoms with Crippen LogP contribution in [0.4, 0.5) is 0 Å². The molecule has 0 aromatic rings. The van der Waals surface area contributed by atoms with E-state index in [4.69, 9.17) is 0 Å². The van der Waals surface area contributed by atoms with E-state index < -0.39 is 11.8 Å². The van der Waals surface area contributed by atoms with E-state index >= 15 is 0 Å². The lowest BCUT2D eigenvalue weighted by Gasteiger charge is -2.14. The number of hydrogen-bond acceptors (Lipinski definition) is 6. The van der Waals surface area contributed by atoms with E-state index in [0.29, 0.717) is 0 Å². The van der Waals surface area contributed by atoms with Crippen molar-refractivity contribution in [3.8, 4) is 0 Å². The topological polar surface area (TPSA) is 95.6 Å². The van der Waals surface area contributed by atoms with Crippen LogP contribution < -0.4 is 10.2 Å². The molecular weight excluding hydrogens is 112 g/mol. The fourth-order valence-corrected chi connectivity index (χ4v) is 0.226. The Hall–Kier alpha value is -1.46. The van der Waals surface area contributed by atoms with Crippen LogP contribution in [0.1, 0.15) is 0 Å². The molecule has 0 atom stereocenters. The molecule has 1 aliphatic rings. The maximum absolute atomic E-state index is 9.75. The minimum Gasteiger partial charge on any atom is -0.881 e. The number of nitrogens with zero attached hydrogens (tertiary/aromatic N) is 4. The van der Waals surface area contributed by atoms with Gasteiger partial charge in [0.25, 0.3) is 0 Å². The molecule has 1 heterocycles. The lowest BCUT2D eigenvalue weighted by molar-refractivity contribution is -0.515. The molecule has 0 saturated carbocycles. The summed E-state index contributed by atoms with van der Waals surface area (Å²) in [5.41, 5.74) is 0. The van der Waals surface area contributed by atoms with Crippen LogP contribution in [0, 0.1) is 0 Å². The maximum Gasteiger partial charge on any atom is 0.176 e. The van der Waals surface area contributed by atoms with Crippen molar-refractivity contribution in [2.24, 2.45) is 20.7 Å². The number of hydrogen-bond donors (Lipinski definition) is 0. The van der Waals surface area contributed by atoms with Crippen LogP contribution in [0.15, 0.2) is 32.4 Å². The van der Waals surface area contributed by atoms with Gasteiger partial charge < -0.3 is 10.2 Å². The van der Waals surface area contributed by atoms with Crippen molar-refractivity contribution < 1.29 is 10.2 Å². The summed E-state index contributed by atoms with van der Waals surface area (Å²) in [7, 11) is 0. The van der Waals surface area contributed by atoms with Gasteiger partial charge in [0.05, 0.1) is 0 Å². The summed E-state index contributed by atoms with van der Waals surface area (Å²) in [5, 5.41) is 31.3. The highest BCUT2D eigenvalue weighted by atomic mass is 16.5. The molecule has 42 valence electrons. The third-order valence-electron chi connectivity index (χ3n) is 0.501. The second-order valence-corrected chi connectivity index (χ2v) is 0.990. The lowest BCUT2D eigenvalue weighted by Crippen LogP contribution is -2.19. The van der Waals surface area contributed by atoms with Gasteiger partial charge in [0.2, 0.25) is 0 Å². The highest BCUT2D eigenvalue weighted by molar-refractivity contribution is 4.93. The predicted molar refractivity (Wildman–Crippen MR) is 16.7 cm³/mol. The van der Waals surface area contributed by atoms with Crippen LogP contribution in [0.25, 0.3) is 0 Å². The SMILES string of the molecule is [O-]C([O-])=C1N=NN=N1. The van der Waals surface area contributed by atoms with Crippen LogP contribution in [0.3, 0.4) is 0 Å². The van der Waals surface area contributed by atoms with Crippen molar-refractivity contribution in [1.29, 1.82) is 0 Å². The van der Waals surface area contributed by atoms with Gasteiger partial charge in [0.1, 0.15) is 0 Å². The van der Waals surface area contributed by atoms with Crippen molar-refractivity contribution in [1.82, 2.24) is 0 Å². The molecule has 0 saturated heterocycles. The zero-order valence-corrected chi connectivity index (χ0v) is 3.61. The Morgan fingerprint density at radius 1 is 1.12 bits per heavy atom. The smallest absolute Gasteiger partial charge is 0.176 e. The third-order valence-corrected chi connectivity index (χ3v) is 0.501. The summed E-state index contributed by atoms with van der Waals surface area (Å²) >= 11 is 0. The fraction of sp³-hybridized carbons (Fsp3) is 0. The summed E-state index contributed by atoms with van der Waals surface area (Å²) in [5.74, 6) is -1.94. The highest BCUT2D eigenvalue weighted by Crippen LogP contribution is 2.07. The maximum atomic E-state index is 9.75. The molecule has 0 N–H and O–H groups in total. The van der Waals surface area contributed by atoms with E-state index in [9.17, 15) is 10.2 Å². The normalized spacial score (nSPS) is 15.2. The highest BCUT2D eigenvalue weighted by Gasteiger charge is 1.91. The molecule has 8 heavy (non-hydrogen) atoms. The van der Waals surface area contributed by atoms with Gasteiger partial charge in [0, 0.05) is 0 Å². The predicted octanol–water partition coefficient (Wildman–Crippen LogP) is -1.33. The average Bonchev–Trinajstić information content (AvgIpc) is 2.12. The van der Waals surface area contributed by atoms with E-state index in [1.807, 2.05) is 0 Å². The Morgan fingerprint density at radius 2 is 1.62 bits per heavy atom. The van der Waals surface area contributed by atoms with Crippen LogP contribution in [-0.4, -0.2) is 0 Å². The minimum absolute atomic E-state index is 0.481. The van der Waals surface area contributed by atoms with Crippen molar-refractivity contribution in [2.75, 3.05) is 0 Å². The minimum atomic E-state index is -1.46. The Kier molecular flexibility index (Phi) is 0.918. The Bertz CT molecular complexity index is 162. The van der Waals surface area contributed by atoms with Gasteiger partial charge in [-0.05, 0) is 10.4 Å². The summed E-state index contributed by atoms with van der Waals surface area (Å²) in [6, 6.07) is 0. The van der Waals surface area contributed by atoms with E-state index in [1.54, 1.807) is 0 Å².